The van der Waals surface area contributed by atoms with Crippen LogP contribution in [-0.4, -0.2) is 13.1 Å². The highest BCUT2D eigenvalue weighted by Crippen LogP contribution is 2.57. The van der Waals surface area contributed by atoms with E-state index in [1.54, 1.807) is 0 Å². The average molecular weight is 190 g/mol. The van der Waals surface area contributed by atoms with Crippen molar-refractivity contribution in [1.29, 1.82) is 0 Å². The molecule has 1 N–H and O–H groups in total. The Morgan fingerprint density at radius 1 is 1.25 bits per heavy atom. The van der Waals surface area contributed by atoms with Crippen LogP contribution in [0, 0.1) is 16.7 Å². The number of nitrogens with one attached hydrogen (secondary N) is 1. The topological polar surface area (TPSA) is 12.0 Å². The van der Waals surface area contributed by atoms with E-state index in [-0.39, 0.29) is 12.4 Å². The second-order valence-corrected chi connectivity index (χ2v) is 5.15. The van der Waals surface area contributed by atoms with Gasteiger partial charge < -0.3 is 5.32 Å². The van der Waals surface area contributed by atoms with Gasteiger partial charge in [0.15, 0.2) is 0 Å². The molecule has 0 aromatic carbocycles. The fraction of sp³-hybridized carbons (Fsp3) is 1.00. The van der Waals surface area contributed by atoms with Gasteiger partial charge in [-0.3, -0.25) is 0 Å². The molecule has 12 heavy (non-hydrogen) atoms. The normalized spacial score (nSPS) is 43.8. The zero-order valence-electron chi connectivity index (χ0n) is 8.31. The number of halogens is 1. The minimum absolute atomic E-state index is 0. The van der Waals surface area contributed by atoms with Gasteiger partial charge in [-0.1, -0.05) is 20.8 Å². The molecular formula is C10H20ClN. The maximum absolute atomic E-state index is 3.54. The van der Waals surface area contributed by atoms with E-state index in [0.717, 1.165) is 5.92 Å². The summed E-state index contributed by atoms with van der Waals surface area (Å²) >= 11 is 0. The largest absolute Gasteiger partial charge is 0.316 e. The van der Waals surface area contributed by atoms with Gasteiger partial charge in [0.2, 0.25) is 0 Å². The van der Waals surface area contributed by atoms with Crippen LogP contribution in [0.4, 0.5) is 0 Å². The Kier molecular flexibility index (Phi) is 2.48. The van der Waals surface area contributed by atoms with Crippen LogP contribution in [0.3, 0.4) is 0 Å². The average Bonchev–Trinajstić information content (AvgIpc) is 2.17. The Balaban J connectivity index is 0.000000720. The van der Waals surface area contributed by atoms with Gasteiger partial charge in [0.1, 0.15) is 0 Å². The summed E-state index contributed by atoms with van der Waals surface area (Å²) in [6, 6.07) is 0. The number of rotatable bonds is 0. The van der Waals surface area contributed by atoms with E-state index in [1.165, 1.54) is 25.9 Å². The van der Waals surface area contributed by atoms with Gasteiger partial charge in [0.05, 0.1) is 0 Å². The second kappa shape index (κ2) is 2.88. The molecule has 0 unspecified atom stereocenters. The summed E-state index contributed by atoms with van der Waals surface area (Å²) < 4.78 is 0. The predicted octanol–water partition coefficient (Wildman–Crippen LogP) is 2.45. The summed E-state index contributed by atoms with van der Waals surface area (Å²) in [6.07, 6.45) is 2.87. The van der Waals surface area contributed by atoms with Gasteiger partial charge in [-0.15, -0.1) is 12.4 Å². The van der Waals surface area contributed by atoms with E-state index in [9.17, 15) is 0 Å². The van der Waals surface area contributed by atoms with Crippen LogP contribution in [0.1, 0.15) is 33.6 Å². The van der Waals surface area contributed by atoms with Crippen LogP contribution >= 0.6 is 12.4 Å². The smallest absolute Gasteiger partial charge is 0.00105 e. The molecule has 72 valence electrons. The standard InChI is InChI=1S/C10H19N.ClH/c1-9(2)8-4-5-10(9,3)7-11-6-8;/h8,11H,4-7H2,1-3H3;1H/t8-,10+;/m1./s1. The van der Waals surface area contributed by atoms with Crippen LogP contribution in [0.2, 0.25) is 0 Å². The monoisotopic (exact) mass is 189 g/mol. The van der Waals surface area contributed by atoms with Gasteiger partial charge in [-0.05, 0) is 36.1 Å². The molecular weight excluding hydrogens is 170 g/mol. The lowest BCUT2D eigenvalue weighted by molar-refractivity contribution is 0.0546. The SMILES string of the molecule is CC1(C)[C@@H]2CC[C@@]1(C)CNC2.Cl. The molecule has 1 nitrogen and oxygen atoms in total. The highest BCUT2D eigenvalue weighted by Gasteiger charge is 2.53. The molecule has 1 aliphatic heterocycles. The Morgan fingerprint density at radius 2 is 1.92 bits per heavy atom. The molecule has 0 aromatic rings. The van der Waals surface area contributed by atoms with Gasteiger partial charge in [0.25, 0.3) is 0 Å². The molecule has 0 radical (unpaired) electrons. The van der Waals surface area contributed by atoms with Gasteiger partial charge in [0, 0.05) is 6.54 Å². The first-order valence-electron chi connectivity index (χ1n) is 4.77. The van der Waals surface area contributed by atoms with Crippen molar-refractivity contribution in [2.24, 2.45) is 16.7 Å². The van der Waals surface area contributed by atoms with E-state index in [1.807, 2.05) is 0 Å². The third-order valence-corrected chi connectivity index (χ3v) is 4.53. The molecule has 2 heteroatoms. The van der Waals surface area contributed by atoms with E-state index >= 15 is 0 Å². The molecule has 1 aliphatic carbocycles. The van der Waals surface area contributed by atoms with Crippen molar-refractivity contribution in [2.75, 3.05) is 13.1 Å². The highest BCUT2D eigenvalue weighted by molar-refractivity contribution is 5.85. The van der Waals surface area contributed by atoms with Crippen molar-refractivity contribution in [3.8, 4) is 0 Å². The second-order valence-electron chi connectivity index (χ2n) is 5.15. The molecule has 0 amide bonds. The summed E-state index contributed by atoms with van der Waals surface area (Å²) in [7, 11) is 0. The summed E-state index contributed by atoms with van der Waals surface area (Å²) in [5, 5.41) is 3.54. The van der Waals surface area contributed by atoms with Crippen LogP contribution in [0.15, 0.2) is 0 Å². The number of piperidine rings is 1. The fourth-order valence-corrected chi connectivity index (χ4v) is 2.86. The molecule has 2 rings (SSSR count). The maximum atomic E-state index is 3.54. The molecule has 2 fully saturated rings. The van der Waals surface area contributed by atoms with E-state index in [4.69, 9.17) is 0 Å². The van der Waals surface area contributed by atoms with E-state index in [2.05, 4.69) is 26.1 Å². The molecule has 2 bridgehead atoms. The van der Waals surface area contributed by atoms with Crippen molar-refractivity contribution in [1.82, 2.24) is 5.32 Å². The molecule has 1 saturated heterocycles. The van der Waals surface area contributed by atoms with Crippen molar-refractivity contribution in [2.45, 2.75) is 33.6 Å². The minimum atomic E-state index is 0. The first-order valence-corrected chi connectivity index (χ1v) is 4.77. The van der Waals surface area contributed by atoms with Crippen LogP contribution in [-0.2, 0) is 0 Å². The Morgan fingerprint density at radius 3 is 2.42 bits per heavy atom. The molecule has 1 heterocycles. The fourth-order valence-electron chi connectivity index (χ4n) is 2.86. The van der Waals surface area contributed by atoms with E-state index < -0.39 is 0 Å². The maximum Gasteiger partial charge on any atom is 0.00105 e. The van der Waals surface area contributed by atoms with Gasteiger partial charge >= 0.3 is 0 Å². The van der Waals surface area contributed by atoms with E-state index in [0.29, 0.717) is 10.8 Å². The van der Waals surface area contributed by atoms with Crippen molar-refractivity contribution < 1.29 is 0 Å². The summed E-state index contributed by atoms with van der Waals surface area (Å²) in [5.74, 6) is 0.932. The highest BCUT2D eigenvalue weighted by atomic mass is 35.5. The quantitative estimate of drug-likeness (QED) is 0.618. The molecule has 1 saturated carbocycles. The summed E-state index contributed by atoms with van der Waals surface area (Å²) in [6.45, 7) is 9.83. The van der Waals surface area contributed by atoms with Crippen LogP contribution < -0.4 is 5.32 Å². The van der Waals surface area contributed by atoms with Crippen molar-refractivity contribution in [3.63, 3.8) is 0 Å². The zero-order valence-corrected chi connectivity index (χ0v) is 9.13. The number of fused-ring (bicyclic) bond motifs is 2. The van der Waals surface area contributed by atoms with Crippen molar-refractivity contribution in [3.05, 3.63) is 0 Å². The first kappa shape index (κ1) is 10.3. The van der Waals surface area contributed by atoms with Crippen LogP contribution in [0.5, 0.6) is 0 Å². The number of hydrogen-bond acceptors (Lipinski definition) is 1. The summed E-state index contributed by atoms with van der Waals surface area (Å²) in [4.78, 5) is 0. The number of hydrogen-bond donors (Lipinski definition) is 1. The molecule has 0 aromatic heterocycles. The molecule has 2 atom stereocenters. The first-order chi connectivity index (χ1) is 5.06. The molecule has 2 aliphatic rings. The van der Waals surface area contributed by atoms with Crippen molar-refractivity contribution >= 4 is 12.4 Å². The summed E-state index contributed by atoms with van der Waals surface area (Å²) in [5.41, 5.74) is 1.16. The Labute approximate surface area is 81.7 Å². The minimum Gasteiger partial charge on any atom is -0.316 e. The van der Waals surface area contributed by atoms with Gasteiger partial charge in [-0.2, -0.15) is 0 Å². The third-order valence-electron chi connectivity index (χ3n) is 4.53. The lowest BCUT2D eigenvalue weighted by Gasteiger charge is -2.46. The zero-order chi connectivity index (χ0) is 8.11. The Hall–Kier alpha value is 0.250. The lowest BCUT2D eigenvalue weighted by Crippen LogP contribution is -2.49. The molecule has 0 spiro atoms. The van der Waals surface area contributed by atoms with Gasteiger partial charge in [-0.25, -0.2) is 0 Å². The predicted molar refractivity (Wildman–Crippen MR) is 54.7 cm³/mol. The Bertz CT molecular complexity index is 172. The lowest BCUT2D eigenvalue weighted by atomic mass is 9.64. The third kappa shape index (κ3) is 1.10. The van der Waals surface area contributed by atoms with Crippen LogP contribution in [0.25, 0.3) is 0 Å².